The molecule has 0 bridgehead atoms. The molecule has 0 aliphatic heterocycles. The fourth-order valence-corrected chi connectivity index (χ4v) is 1.75. The molecule has 0 aliphatic rings. The summed E-state index contributed by atoms with van der Waals surface area (Å²) in [5.74, 6) is 0.193. The normalized spacial score (nSPS) is 10.4. The maximum absolute atomic E-state index is 9.38. The highest BCUT2D eigenvalue weighted by Gasteiger charge is 2.06. The number of aromatic hydroxyl groups is 1. The SMILES string of the molecule is NCc1cnc(-c2cccc(O)c2)c(Cl)c1. The highest BCUT2D eigenvalue weighted by atomic mass is 35.5. The lowest BCUT2D eigenvalue weighted by atomic mass is 10.1. The number of hydrogen-bond donors (Lipinski definition) is 2. The topological polar surface area (TPSA) is 59.1 Å². The number of hydrogen-bond acceptors (Lipinski definition) is 3. The molecule has 0 unspecified atom stereocenters. The molecule has 1 heterocycles. The molecule has 3 N–H and O–H groups in total. The molecule has 0 saturated heterocycles. The maximum Gasteiger partial charge on any atom is 0.116 e. The molecule has 16 heavy (non-hydrogen) atoms. The van der Waals surface area contributed by atoms with E-state index in [0.717, 1.165) is 11.1 Å². The van der Waals surface area contributed by atoms with Gasteiger partial charge < -0.3 is 10.8 Å². The summed E-state index contributed by atoms with van der Waals surface area (Å²) in [5, 5.41) is 9.91. The first kappa shape index (κ1) is 10.9. The number of pyridine rings is 1. The van der Waals surface area contributed by atoms with Gasteiger partial charge in [-0.2, -0.15) is 0 Å². The molecular weight excluding hydrogens is 224 g/mol. The Labute approximate surface area is 98.5 Å². The summed E-state index contributed by atoms with van der Waals surface area (Å²) in [7, 11) is 0. The molecule has 0 aliphatic carbocycles. The van der Waals surface area contributed by atoms with E-state index in [4.69, 9.17) is 17.3 Å². The second kappa shape index (κ2) is 4.51. The smallest absolute Gasteiger partial charge is 0.116 e. The van der Waals surface area contributed by atoms with E-state index in [9.17, 15) is 5.11 Å². The van der Waals surface area contributed by atoms with E-state index < -0.39 is 0 Å². The number of phenols is 1. The van der Waals surface area contributed by atoms with Gasteiger partial charge >= 0.3 is 0 Å². The third kappa shape index (κ3) is 2.15. The predicted octanol–water partition coefficient (Wildman–Crippen LogP) is 2.57. The van der Waals surface area contributed by atoms with Crippen molar-refractivity contribution in [1.29, 1.82) is 0 Å². The Hall–Kier alpha value is -1.58. The minimum Gasteiger partial charge on any atom is -0.508 e. The zero-order valence-corrected chi connectivity index (χ0v) is 9.28. The standard InChI is InChI=1S/C12H11ClN2O/c13-11-4-8(6-14)7-15-12(11)9-2-1-3-10(16)5-9/h1-5,7,16H,6,14H2. The fraction of sp³-hybridized carbons (Fsp3) is 0.0833. The molecule has 0 radical (unpaired) electrons. The zero-order chi connectivity index (χ0) is 11.5. The van der Waals surface area contributed by atoms with E-state index in [0.29, 0.717) is 17.3 Å². The first-order valence-corrected chi connectivity index (χ1v) is 5.22. The van der Waals surface area contributed by atoms with Crippen molar-refractivity contribution in [1.82, 2.24) is 4.98 Å². The molecule has 0 spiro atoms. The average Bonchev–Trinajstić information content (AvgIpc) is 2.28. The third-order valence-electron chi connectivity index (χ3n) is 2.25. The first-order valence-electron chi connectivity index (χ1n) is 4.84. The second-order valence-corrected chi connectivity index (χ2v) is 3.84. The summed E-state index contributed by atoms with van der Waals surface area (Å²) in [6.45, 7) is 0.410. The van der Waals surface area contributed by atoms with Crippen molar-refractivity contribution < 1.29 is 5.11 Å². The molecule has 2 rings (SSSR count). The third-order valence-corrected chi connectivity index (χ3v) is 2.54. The Morgan fingerprint density at radius 1 is 1.31 bits per heavy atom. The van der Waals surface area contributed by atoms with Gasteiger partial charge in [-0.25, -0.2) is 0 Å². The molecule has 0 saturated carbocycles. The molecular formula is C12H11ClN2O. The van der Waals surface area contributed by atoms with Gasteiger partial charge in [0.25, 0.3) is 0 Å². The Bertz CT molecular complexity index is 514. The van der Waals surface area contributed by atoms with E-state index in [1.54, 1.807) is 30.5 Å². The summed E-state index contributed by atoms with van der Waals surface area (Å²) in [6, 6.07) is 8.60. The highest BCUT2D eigenvalue weighted by Crippen LogP contribution is 2.28. The van der Waals surface area contributed by atoms with Crippen LogP contribution in [0.15, 0.2) is 36.5 Å². The van der Waals surface area contributed by atoms with Crippen LogP contribution >= 0.6 is 11.6 Å². The van der Waals surface area contributed by atoms with E-state index in [1.165, 1.54) is 0 Å². The summed E-state index contributed by atoms with van der Waals surface area (Å²) in [5.41, 5.74) is 7.81. The van der Waals surface area contributed by atoms with Crippen LogP contribution in [0.2, 0.25) is 5.02 Å². The van der Waals surface area contributed by atoms with Gasteiger partial charge in [0.15, 0.2) is 0 Å². The molecule has 2 aromatic rings. The van der Waals surface area contributed by atoms with Gasteiger partial charge in [-0.15, -0.1) is 0 Å². The van der Waals surface area contributed by atoms with Crippen LogP contribution in [0, 0.1) is 0 Å². The molecule has 1 aromatic heterocycles. The van der Waals surface area contributed by atoms with Gasteiger partial charge in [-0.1, -0.05) is 23.7 Å². The van der Waals surface area contributed by atoms with Crippen LogP contribution < -0.4 is 5.73 Å². The lowest BCUT2D eigenvalue weighted by molar-refractivity contribution is 0.475. The average molecular weight is 235 g/mol. The molecule has 0 amide bonds. The molecule has 82 valence electrons. The van der Waals surface area contributed by atoms with E-state index in [-0.39, 0.29) is 5.75 Å². The predicted molar refractivity (Wildman–Crippen MR) is 64.2 cm³/mol. The number of halogens is 1. The van der Waals surface area contributed by atoms with Crippen molar-refractivity contribution in [3.8, 4) is 17.0 Å². The van der Waals surface area contributed by atoms with Crippen molar-refractivity contribution in [2.45, 2.75) is 6.54 Å². The number of rotatable bonds is 2. The van der Waals surface area contributed by atoms with Crippen molar-refractivity contribution >= 4 is 11.6 Å². The van der Waals surface area contributed by atoms with Crippen LogP contribution in [0.5, 0.6) is 5.75 Å². The van der Waals surface area contributed by atoms with Crippen molar-refractivity contribution in [3.05, 3.63) is 47.1 Å². The minimum absolute atomic E-state index is 0.193. The lowest BCUT2D eigenvalue weighted by Crippen LogP contribution is -1.97. The maximum atomic E-state index is 9.38. The zero-order valence-electron chi connectivity index (χ0n) is 8.52. The fourth-order valence-electron chi connectivity index (χ4n) is 1.45. The minimum atomic E-state index is 0.193. The monoisotopic (exact) mass is 234 g/mol. The van der Waals surface area contributed by atoms with Crippen LogP contribution in [0.4, 0.5) is 0 Å². The number of aromatic nitrogens is 1. The number of nitrogens with two attached hydrogens (primary N) is 1. The van der Waals surface area contributed by atoms with Crippen LogP contribution in [0.3, 0.4) is 0 Å². The summed E-state index contributed by atoms with van der Waals surface area (Å²) >= 11 is 6.10. The second-order valence-electron chi connectivity index (χ2n) is 3.43. The molecule has 1 aromatic carbocycles. The molecule has 0 atom stereocenters. The van der Waals surface area contributed by atoms with Crippen LogP contribution in [-0.4, -0.2) is 10.1 Å². The summed E-state index contributed by atoms with van der Waals surface area (Å²) < 4.78 is 0. The van der Waals surface area contributed by atoms with Gasteiger partial charge in [0, 0.05) is 18.3 Å². The lowest BCUT2D eigenvalue weighted by Gasteiger charge is -2.05. The van der Waals surface area contributed by atoms with Gasteiger partial charge in [-0.05, 0) is 23.8 Å². The van der Waals surface area contributed by atoms with Crippen molar-refractivity contribution in [2.75, 3.05) is 0 Å². The van der Waals surface area contributed by atoms with Gasteiger partial charge in [-0.3, -0.25) is 4.98 Å². The largest absolute Gasteiger partial charge is 0.508 e. The summed E-state index contributed by atoms with van der Waals surface area (Å²) in [6.07, 6.45) is 1.69. The first-order chi connectivity index (χ1) is 7.70. The van der Waals surface area contributed by atoms with Gasteiger partial charge in [0.05, 0.1) is 10.7 Å². The van der Waals surface area contributed by atoms with Crippen molar-refractivity contribution in [2.24, 2.45) is 5.73 Å². The summed E-state index contributed by atoms with van der Waals surface area (Å²) in [4.78, 5) is 4.24. The quantitative estimate of drug-likeness (QED) is 0.840. The van der Waals surface area contributed by atoms with E-state index in [2.05, 4.69) is 4.98 Å². The molecule has 4 heteroatoms. The van der Waals surface area contributed by atoms with E-state index >= 15 is 0 Å². The van der Waals surface area contributed by atoms with Crippen LogP contribution in [0.25, 0.3) is 11.3 Å². The molecule has 0 fully saturated rings. The molecule has 3 nitrogen and oxygen atoms in total. The van der Waals surface area contributed by atoms with Gasteiger partial charge in [0.1, 0.15) is 5.75 Å². The van der Waals surface area contributed by atoms with Crippen LogP contribution in [0.1, 0.15) is 5.56 Å². The highest BCUT2D eigenvalue weighted by molar-refractivity contribution is 6.33. The van der Waals surface area contributed by atoms with Gasteiger partial charge in [0.2, 0.25) is 0 Å². The van der Waals surface area contributed by atoms with Crippen molar-refractivity contribution in [3.63, 3.8) is 0 Å². The van der Waals surface area contributed by atoms with Crippen LogP contribution in [-0.2, 0) is 6.54 Å². The number of benzene rings is 1. The number of nitrogens with zero attached hydrogens (tertiary/aromatic N) is 1. The van der Waals surface area contributed by atoms with E-state index in [1.807, 2.05) is 6.07 Å². The Morgan fingerprint density at radius 3 is 2.75 bits per heavy atom. The Balaban J connectivity index is 2.48. The Morgan fingerprint density at radius 2 is 2.12 bits per heavy atom. The number of phenolic OH excluding ortho intramolecular Hbond substituents is 1. The Kier molecular flexibility index (Phi) is 3.08.